The standard InChI is InChI=1S/C22H23N3O2S/c26-22(19-8-6-18(7-9-19)17-4-2-1-3-5-17)23-14-21-24-20(16-28-21)15-25-10-12-27-13-11-25/h1-9,16H,10-15H2,(H,23,26). The van der Waals surface area contributed by atoms with Crippen LogP contribution in [0.15, 0.2) is 60.0 Å². The van der Waals surface area contributed by atoms with E-state index in [9.17, 15) is 4.79 Å². The molecule has 1 aliphatic rings. The molecule has 0 atom stereocenters. The first-order chi connectivity index (χ1) is 13.8. The highest BCUT2D eigenvalue weighted by molar-refractivity contribution is 7.09. The third kappa shape index (κ3) is 4.84. The molecule has 6 heteroatoms. The highest BCUT2D eigenvalue weighted by atomic mass is 32.1. The van der Waals surface area contributed by atoms with E-state index in [1.165, 1.54) is 0 Å². The summed E-state index contributed by atoms with van der Waals surface area (Å²) in [6.07, 6.45) is 0. The van der Waals surface area contributed by atoms with Gasteiger partial charge in [-0.2, -0.15) is 0 Å². The lowest BCUT2D eigenvalue weighted by atomic mass is 10.0. The van der Waals surface area contributed by atoms with Crippen molar-refractivity contribution in [1.29, 1.82) is 0 Å². The SMILES string of the molecule is O=C(NCc1nc(CN2CCOCC2)cs1)c1ccc(-c2ccccc2)cc1. The number of aromatic nitrogens is 1. The van der Waals surface area contributed by atoms with Crippen molar-refractivity contribution in [1.82, 2.24) is 15.2 Å². The number of morpholine rings is 1. The molecule has 0 bridgehead atoms. The molecule has 1 aromatic heterocycles. The molecule has 1 fully saturated rings. The van der Waals surface area contributed by atoms with Crippen LogP contribution in [-0.4, -0.2) is 42.1 Å². The maximum Gasteiger partial charge on any atom is 0.251 e. The van der Waals surface area contributed by atoms with Crippen molar-refractivity contribution in [3.05, 3.63) is 76.2 Å². The summed E-state index contributed by atoms with van der Waals surface area (Å²) < 4.78 is 5.38. The van der Waals surface area contributed by atoms with Gasteiger partial charge >= 0.3 is 0 Å². The highest BCUT2D eigenvalue weighted by Crippen LogP contribution is 2.19. The average molecular weight is 394 g/mol. The molecule has 1 amide bonds. The molecule has 144 valence electrons. The van der Waals surface area contributed by atoms with E-state index in [1.807, 2.05) is 42.5 Å². The van der Waals surface area contributed by atoms with Crippen molar-refractivity contribution in [3.8, 4) is 11.1 Å². The van der Waals surface area contributed by atoms with E-state index in [2.05, 4.69) is 32.7 Å². The fraction of sp³-hybridized carbons (Fsp3) is 0.273. The molecule has 1 aliphatic heterocycles. The van der Waals surface area contributed by atoms with Crippen molar-refractivity contribution in [2.24, 2.45) is 0 Å². The van der Waals surface area contributed by atoms with Gasteiger partial charge in [0.05, 0.1) is 25.5 Å². The van der Waals surface area contributed by atoms with Gasteiger partial charge in [-0.15, -0.1) is 11.3 Å². The van der Waals surface area contributed by atoms with Crippen LogP contribution in [0.2, 0.25) is 0 Å². The van der Waals surface area contributed by atoms with Crippen LogP contribution in [0.4, 0.5) is 0 Å². The van der Waals surface area contributed by atoms with Gasteiger partial charge in [0.1, 0.15) is 5.01 Å². The van der Waals surface area contributed by atoms with Gasteiger partial charge in [0, 0.05) is 30.6 Å². The van der Waals surface area contributed by atoms with Crippen molar-refractivity contribution in [2.45, 2.75) is 13.1 Å². The number of benzene rings is 2. The molecule has 2 aromatic carbocycles. The van der Waals surface area contributed by atoms with Gasteiger partial charge in [0.15, 0.2) is 0 Å². The average Bonchev–Trinajstić information content (AvgIpc) is 3.21. The first kappa shape index (κ1) is 18.8. The van der Waals surface area contributed by atoms with Crippen LogP contribution in [0, 0.1) is 0 Å². The third-order valence-electron chi connectivity index (χ3n) is 4.74. The number of hydrogen-bond acceptors (Lipinski definition) is 5. The number of ether oxygens (including phenoxy) is 1. The lowest BCUT2D eigenvalue weighted by Crippen LogP contribution is -2.35. The minimum Gasteiger partial charge on any atom is -0.379 e. The fourth-order valence-electron chi connectivity index (χ4n) is 3.19. The molecule has 0 unspecified atom stereocenters. The van der Waals surface area contributed by atoms with Gasteiger partial charge in [0.25, 0.3) is 5.91 Å². The number of carbonyl (C=O) groups is 1. The number of thiazole rings is 1. The van der Waals surface area contributed by atoms with Gasteiger partial charge < -0.3 is 10.1 Å². The van der Waals surface area contributed by atoms with E-state index in [4.69, 9.17) is 4.74 Å². The van der Waals surface area contributed by atoms with E-state index < -0.39 is 0 Å². The molecular weight excluding hydrogens is 370 g/mol. The molecule has 2 heterocycles. The zero-order valence-corrected chi connectivity index (χ0v) is 16.5. The minimum atomic E-state index is -0.0791. The number of amides is 1. The lowest BCUT2D eigenvalue weighted by molar-refractivity contribution is 0.0337. The smallest absolute Gasteiger partial charge is 0.251 e. The third-order valence-corrected chi connectivity index (χ3v) is 5.64. The summed E-state index contributed by atoms with van der Waals surface area (Å²) in [5, 5.41) is 5.97. The maximum atomic E-state index is 12.4. The number of carbonyl (C=O) groups excluding carboxylic acids is 1. The molecule has 0 spiro atoms. The Labute approximate surface area is 169 Å². The van der Waals surface area contributed by atoms with Crippen molar-refractivity contribution in [3.63, 3.8) is 0 Å². The van der Waals surface area contributed by atoms with Gasteiger partial charge in [-0.3, -0.25) is 9.69 Å². The van der Waals surface area contributed by atoms with E-state index in [1.54, 1.807) is 11.3 Å². The highest BCUT2D eigenvalue weighted by Gasteiger charge is 2.13. The summed E-state index contributed by atoms with van der Waals surface area (Å²) in [5.74, 6) is -0.0791. The molecule has 5 nitrogen and oxygen atoms in total. The molecule has 0 aliphatic carbocycles. The number of hydrogen-bond donors (Lipinski definition) is 1. The van der Waals surface area contributed by atoms with Crippen LogP contribution < -0.4 is 5.32 Å². The number of nitrogens with one attached hydrogen (secondary N) is 1. The van der Waals surface area contributed by atoms with Crippen LogP contribution in [0.3, 0.4) is 0 Å². The van der Waals surface area contributed by atoms with E-state index >= 15 is 0 Å². The molecule has 0 saturated carbocycles. The zero-order chi connectivity index (χ0) is 19.2. The Morgan fingerprint density at radius 1 is 1.04 bits per heavy atom. The summed E-state index contributed by atoms with van der Waals surface area (Å²) >= 11 is 1.59. The van der Waals surface area contributed by atoms with Gasteiger partial charge in [-0.25, -0.2) is 4.98 Å². The van der Waals surface area contributed by atoms with Crippen molar-refractivity contribution in [2.75, 3.05) is 26.3 Å². The van der Waals surface area contributed by atoms with E-state index in [-0.39, 0.29) is 5.91 Å². The Hall–Kier alpha value is -2.54. The van der Waals surface area contributed by atoms with Gasteiger partial charge in [0.2, 0.25) is 0 Å². The molecule has 1 N–H and O–H groups in total. The predicted octanol–water partition coefficient (Wildman–Crippen LogP) is 3.57. The van der Waals surface area contributed by atoms with E-state index in [0.29, 0.717) is 12.1 Å². The summed E-state index contributed by atoms with van der Waals surface area (Å²) in [5.41, 5.74) is 3.96. The second-order valence-corrected chi connectivity index (χ2v) is 7.69. The monoisotopic (exact) mass is 393 g/mol. The molecule has 3 aromatic rings. The first-order valence-corrected chi connectivity index (χ1v) is 10.3. The second kappa shape index (κ2) is 9.10. The fourth-order valence-corrected chi connectivity index (χ4v) is 3.92. The Balaban J connectivity index is 1.30. The van der Waals surface area contributed by atoms with Gasteiger partial charge in [-0.1, -0.05) is 42.5 Å². The Morgan fingerprint density at radius 2 is 1.75 bits per heavy atom. The Morgan fingerprint density at radius 3 is 2.50 bits per heavy atom. The van der Waals surface area contributed by atoms with Crippen LogP contribution in [-0.2, 0) is 17.8 Å². The van der Waals surface area contributed by atoms with Crippen LogP contribution in [0.25, 0.3) is 11.1 Å². The lowest BCUT2D eigenvalue weighted by Gasteiger charge is -2.25. The van der Waals surface area contributed by atoms with Gasteiger partial charge in [-0.05, 0) is 23.3 Å². The summed E-state index contributed by atoms with van der Waals surface area (Å²) in [7, 11) is 0. The van der Waals surface area contributed by atoms with Crippen molar-refractivity contribution >= 4 is 17.2 Å². The Bertz CT molecular complexity index is 903. The predicted molar refractivity (Wildman–Crippen MR) is 111 cm³/mol. The molecule has 0 radical (unpaired) electrons. The maximum absolute atomic E-state index is 12.4. The summed E-state index contributed by atoms with van der Waals surface area (Å²) in [4.78, 5) is 19.4. The second-order valence-electron chi connectivity index (χ2n) is 6.75. The molecule has 4 rings (SSSR count). The molecular formula is C22H23N3O2S. The summed E-state index contributed by atoms with van der Waals surface area (Å²) in [6, 6.07) is 17.8. The molecule has 1 saturated heterocycles. The minimum absolute atomic E-state index is 0.0791. The summed E-state index contributed by atoms with van der Waals surface area (Å²) in [6.45, 7) is 4.76. The first-order valence-electron chi connectivity index (χ1n) is 9.45. The van der Waals surface area contributed by atoms with Crippen LogP contribution >= 0.6 is 11.3 Å². The number of nitrogens with zero attached hydrogens (tertiary/aromatic N) is 2. The topological polar surface area (TPSA) is 54.5 Å². The Kier molecular flexibility index (Phi) is 6.11. The largest absolute Gasteiger partial charge is 0.379 e. The molecule has 28 heavy (non-hydrogen) atoms. The number of rotatable bonds is 6. The normalized spacial score (nSPS) is 14.7. The van der Waals surface area contributed by atoms with E-state index in [0.717, 1.165) is 54.7 Å². The van der Waals surface area contributed by atoms with Crippen molar-refractivity contribution < 1.29 is 9.53 Å². The van der Waals surface area contributed by atoms with Crippen LogP contribution in [0.1, 0.15) is 21.1 Å². The zero-order valence-electron chi connectivity index (χ0n) is 15.6. The quantitative estimate of drug-likeness (QED) is 0.696. The van der Waals surface area contributed by atoms with Crippen LogP contribution in [0.5, 0.6) is 0 Å².